The fourth-order valence-electron chi connectivity index (χ4n) is 1.14. The monoisotopic (exact) mass is 162 g/mol. The van der Waals surface area contributed by atoms with Crippen molar-refractivity contribution in [3.63, 3.8) is 0 Å². The number of phenols is 1. The van der Waals surface area contributed by atoms with E-state index in [1.807, 2.05) is 45.1 Å². The molecule has 0 spiro atoms. The lowest BCUT2D eigenvalue weighted by molar-refractivity contribution is 0.469. The molecule has 0 aliphatic heterocycles. The van der Waals surface area contributed by atoms with E-state index < -0.39 is 0 Å². The summed E-state index contributed by atoms with van der Waals surface area (Å²) < 4.78 is 0. The Kier molecular flexibility index (Phi) is 2.54. The Bertz CT molecular complexity index is 311. The first kappa shape index (κ1) is 8.85. The van der Waals surface area contributed by atoms with E-state index in [0.29, 0.717) is 5.75 Å². The van der Waals surface area contributed by atoms with Gasteiger partial charge in [-0.05, 0) is 31.9 Å². The molecule has 0 saturated heterocycles. The molecule has 0 atom stereocenters. The van der Waals surface area contributed by atoms with Gasteiger partial charge in [-0.1, -0.05) is 24.3 Å². The summed E-state index contributed by atoms with van der Waals surface area (Å²) >= 11 is 0. The molecule has 12 heavy (non-hydrogen) atoms. The maximum atomic E-state index is 9.66. The Balaban J connectivity index is 3.26. The van der Waals surface area contributed by atoms with Crippen molar-refractivity contribution in [1.82, 2.24) is 0 Å². The van der Waals surface area contributed by atoms with Gasteiger partial charge in [-0.2, -0.15) is 0 Å². The zero-order valence-corrected chi connectivity index (χ0v) is 7.76. The summed E-state index contributed by atoms with van der Waals surface area (Å²) in [5.74, 6) is 0.396. The second kappa shape index (κ2) is 3.44. The minimum atomic E-state index is 0.396. The Hall–Kier alpha value is -1.24. The Labute approximate surface area is 73.4 Å². The number of allylic oxidation sites excluding steroid dienone is 1. The Morgan fingerprint density at radius 1 is 1.25 bits per heavy atom. The molecule has 0 unspecified atom stereocenters. The van der Waals surface area contributed by atoms with E-state index in [1.165, 1.54) is 0 Å². The minimum Gasteiger partial charge on any atom is -0.507 e. The predicted octanol–water partition coefficient (Wildman–Crippen LogP) is 3.04. The highest BCUT2D eigenvalue weighted by Gasteiger charge is 2.02. The molecule has 1 aromatic carbocycles. The van der Waals surface area contributed by atoms with Crippen LogP contribution in [0.25, 0.3) is 6.08 Å². The van der Waals surface area contributed by atoms with Crippen molar-refractivity contribution >= 4 is 6.08 Å². The highest BCUT2D eigenvalue weighted by molar-refractivity contribution is 5.60. The zero-order valence-electron chi connectivity index (χ0n) is 7.76. The highest BCUT2D eigenvalue weighted by Crippen LogP contribution is 2.25. The summed E-state index contributed by atoms with van der Waals surface area (Å²) in [6.07, 6.45) is 3.82. The molecule has 0 bridgehead atoms. The van der Waals surface area contributed by atoms with Crippen LogP contribution < -0.4 is 0 Å². The second-order valence-electron chi connectivity index (χ2n) is 2.95. The molecule has 0 saturated carbocycles. The van der Waals surface area contributed by atoms with Crippen molar-refractivity contribution in [2.24, 2.45) is 0 Å². The van der Waals surface area contributed by atoms with Gasteiger partial charge in [-0.25, -0.2) is 0 Å². The third-order valence-electron chi connectivity index (χ3n) is 2.08. The molecule has 0 aliphatic carbocycles. The van der Waals surface area contributed by atoms with E-state index in [9.17, 15) is 5.11 Å². The number of aryl methyl sites for hydroxylation is 1. The molecule has 1 nitrogen and oxygen atoms in total. The molecule has 64 valence electrons. The van der Waals surface area contributed by atoms with Crippen LogP contribution in [0.15, 0.2) is 18.2 Å². The van der Waals surface area contributed by atoms with Crippen LogP contribution in [0.4, 0.5) is 0 Å². The van der Waals surface area contributed by atoms with E-state index in [0.717, 1.165) is 16.7 Å². The van der Waals surface area contributed by atoms with Gasteiger partial charge in [0.15, 0.2) is 0 Å². The maximum Gasteiger partial charge on any atom is 0.125 e. The smallest absolute Gasteiger partial charge is 0.125 e. The van der Waals surface area contributed by atoms with Crippen molar-refractivity contribution in [1.29, 1.82) is 0 Å². The summed E-state index contributed by atoms with van der Waals surface area (Å²) in [7, 11) is 0. The van der Waals surface area contributed by atoms with Gasteiger partial charge >= 0.3 is 0 Å². The van der Waals surface area contributed by atoms with E-state index in [2.05, 4.69) is 0 Å². The first-order valence-corrected chi connectivity index (χ1v) is 4.08. The number of hydrogen-bond acceptors (Lipinski definition) is 1. The molecule has 0 heterocycles. The molecule has 1 rings (SSSR count). The summed E-state index contributed by atoms with van der Waals surface area (Å²) in [6.45, 7) is 5.86. The summed E-state index contributed by atoms with van der Waals surface area (Å²) in [5.41, 5.74) is 2.98. The molecule has 0 amide bonds. The normalized spacial score (nSPS) is 10.9. The standard InChI is InChI=1S/C11H14O/c1-4-5-10-7-6-8(2)9(3)11(10)12/h4-7,12H,1-3H3/b5-4+. The van der Waals surface area contributed by atoms with Crippen LogP contribution in [-0.2, 0) is 0 Å². The third-order valence-corrected chi connectivity index (χ3v) is 2.08. The van der Waals surface area contributed by atoms with Gasteiger partial charge in [0.05, 0.1) is 0 Å². The van der Waals surface area contributed by atoms with Crippen molar-refractivity contribution in [2.75, 3.05) is 0 Å². The Morgan fingerprint density at radius 3 is 2.50 bits per heavy atom. The molecular weight excluding hydrogens is 148 g/mol. The first-order chi connectivity index (χ1) is 5.66. The zero-order chi connectivity index (χ0) is 9.14. The number of rotatable bonds is 1. The van der Waals surface area contributed by atoms with Crippen molar-refractivity contribution in [2.45, 2.75) is 20.8 Å². The SMILES string of the molecule is C/C=C/c1ccc(C)c(C)c1O. The summed E-state index contributed by atoms with van der Waals surface area (Å²) in [5, 5.41) is 9.66. The van der Waals surface area contributed by atoms with Gasteiger partial charge in [0.1, 0.15) is 5.75 Å². The van der Waals surface area contributed by atoms with Crippen molar-refractivity contribution < 1.29 is 5.11 Å². The lowest BCUT2D eigenvalue weighted by atomic mass is 10.0. The fraction of sp³-hybridized carbons (Fsp3) is 0.273. The summed E-state index contributed by atoms with van der Waals surface area (Å²) in [6, 6.07) is 3.95. The number of benzene rings is 1. The molecule has 0 aliphatic rings. The lowest BCUT2D eigenvalue weighted by Crippen LogP contribution is -1.84. The average Bonchev–Trinajstić information content (AvgIpc) is 2.07. The van der Waals surface area contributed by atoms with Crippen LogP contribution >= 0.6 is 0 Å². The third kappa shape index (κ3) is 1.50. The topological polar surface area (TPSA) is 20.2 Å². The molecule has 1 aromatic rings. The van der Waals surface area contributed by atoms with Crippen molar-refractivity contribution in [3.05, 3.63) is 34.9 Å². The Morgan fingerprint density at radius 2 is 1.92 bits per heavy atom. The van der Waals surface area contributed by atoms with Gasteiger partial charge in [0.25, 0.3) is 0 Å². The maximum absolute atomic E-state index is 9.66. The number of hydrogen-bond donors (Lipinski definition) is 1. The quantitative estimate of drug-likeness (QED) is 0.673. The summed E-state index contributed by atoms with van der Waals surface area (Å²) in [4.78, 5) is 0. The molecule has 0 fully saturated rings. The molecular formula is C11H14O. The first-order valence-electron chi connectivity index (χ1n) is 4.08. The minimum absolute atomic E-state index is 0.396. The van der Waals surface area contributed by atoms with Crippen LogP contribution in [0, 0.1) is 13.8 Å². The average molecular weight is 162 g/mol. The number of aromatic hydroxyl groups is 1. The van der Waals surface area contributed by atoms with E-state index in [-0.39, 0.29) is 0 Å². The lowest BCUT2D eigenvalue weighted by Gasteiger charge is -2.05. The van der Waals surface area contributed by atoms with Crippen LogP contribution in [0.1, 0.15) is 23.6 Å². The van der Waals surface area contributed by atoms with Crippen LogP contribution in [0.3, 0.4) is 0 Å². The van der Waals surface area contributed by atoms with Gasteiger partial charge in [0.2, 0.25) is 0 Å². The largest absolute Gasteiger partial charge is 0.507 e. The van der Waals surface area contributed by atoms with Crippen LogP contribution in [0.2, 0.25) is 0 Å². The van der Waals surface area contributed by atoms with Crippen LogP contribution in [0.5, 0.6) is 5.75 Å². The second-order valence-corrected chi connectivity index (χ2v) is 2.95. The van der Waals surface area contributed by atoms with Crippen LogP contribution in [-0.4, -0.2) is 5.11 Å². The number of phenolic OH excluding ortho intramolecular Hbond substituents is 1. The van der Waals surface area contributed by atoms with Gasteiger partial charge < -0.3 is 5.11 Å². The van der Waals surface area contributed by atoms with Gasteiger partial charge in [0, 0.05) is 5.56 Å². The molecule has 1 heteroatoms. The molecule has 1 N–H and O–H groups in total. The van der Waals surface area contributed by atoms with Crippen molar-refractivity contribution in [3.8, 4) is 5.75 Å². The van der Waals surface area contributed by atoms with E-state index in [4.69, 9.17) is 0 Å². The van der Waals surface area contributed by atoms with E-state index >= 15 is 0 Å². The molecule has 0 radical (unpaired) electrons. The highest BCUT2D eigenvalue weighted by atomic mass is 16.3. The predicted molar refractivity (Wildman–Crippen MR) is 52.3 cm³/mol. The van der Waals surface area contributed by atoms with Gasteiger partial charge in [-0.3, -0.25) is 0 Å². The van der Waals surface area contributed by atoms with E-state index in [1.54, 1.807) is 0 Å². The van der Waals surface area contributed by atoms with Gasteiger partial charge in [-0.15, -0.1) is 0 Å². The molecule has 0 aromatic heterocycles. The fourth-order valence-corrected chi connectivity index (χ4v) is 1.14.